The van der Waals surface area contributed by atoms with Gasteiger partial charge in [0.25, 0.3) is 5.91 Å². The molecule has 0 saturated carbocycles. The first kappa shape index (κ1) is 23.4. The van der Waals surface area contributed by atoms with E-state index in [2.05, 4.69) is 15.5 Å². The molecule has 166 valence electrons. The quantitative estimate of drug-likeness (QED) is 0.254. The topological polar surface area (TPSA) is 82.0 Å². The summed E-state index contributed by atoms with van der Waals surface area (Å²) in [5.74, 6) is 1.15. The smallest absolute Gasteiger partial charge is 0.271 e. The fourth-order valence-electron chi connectivity index (χ4n) is 2.66. The third-order valence-electron chi connectivity index (χ3n) is 4.20. The number of ether oxygens (including phenoxy) is 3. The number of carbonyl (C=O) groups is 1. The third-order valence-corrected chi connectivity index (χ3v) is 4.80. The summed E-state index contributed by atoms with van der Waals surface area (Å²) >= 11 is 12.4. The van der Waals surface area contributed by atoms with Gasteiger partial charge in [0, 0.05) is 24.4 Å². The predicted molar refractivity (Wildman–Crippen MR) is 124 cm³/mol. The summed E-state index contributed by atoms with van der Waals surface area (Å²) < 4.78 is 16.8. The van der Waals surface area contributed by atoms with E-state index in [1.165, 1.54) is 25.7 Å². The molecule has 0 bridgehead atoms. The van der Waals surface area contributed by atoms with Crippen LogP contribution in [-0.4, -0.2) is 37.4 Å². The molecule has 0 unspecified atom stereocenters. The molecule has 1 amide bonds. The van der Waals surface area contributed by atoms with E-state index in [0.717, 1.165) is 0 Å². The molecular formula is C23H21Cl2N3O4. The molecular weight excluding hydrogens is 453 g/mol. The maximum atomic E-state index is 12.0. The molecule has 0 spiro atoms. The number of aromatic nitrogens is 1. The van der Waals surface area contributed by atoms with Crippen LogP contribution in [0.25, 0.3) is 0 Å². The van der Waals surface area contributed by atoms with E-state index in [-0.39, 0.29) is 5.91 Å². The highest BCUT2D eigenvalue weighted by atomic mass is 35.5. The van der Waals surface area contributed by atoms with Gasteiger partial charge in [-0.25, -0.2) is 5.43 Å². The Bertz CT molecular complexity index is 1080. The van der Waals surface area contributed by atoms with Crippen LogP contribution in [0.3, 0.4) is 0 Å². The molecule has 7 nitrogen and oxygen atoms in total. The Morgan fingerprint density at radius 1 is 1.03 bits per heavy atom. The lowest BCUT2D eigenvalue weighted by Gasteiger charge is -2.13. The number of amides is 1. The zero-order chi connectivity index (χ0) is 22.8. The number of rotatable bonds is 10. The van der Waals surface area contributed by atoms with E-state index in [9.17, 15) is 4.79 Å². The number of pyridine rings is 1. The first-order chi connectivity index (χ1) is 15.6. The molecule has 0 radical (unpaired) electrons. The van der Waals surface area contributed by atoms with Crippen LogP contribution < -0.4 is 19.6 Å². The molecule has 9 heteroatoms. The Hall–Kier alpha value is -3.29. The van der Waals surface area contributed by atoms with Crippen molar-refractivity contribution in [1.82, 2.24) is 10.4 Å². The Balaban J connectivity index is 1.54. The van der Waals surface area contributed by atoms with Crippen LogP contribution >= 0.6 is 23.2 Å². The minimum atomic E-state index is -0.347. The molecule has 1 aromatic heterocycles. The molecule has 0 saturated heterocycles. The molecule has 0 aliphatic heterocycles. The van der Waals surface area contributed by atoms with Crippen LogP contribution in [0.1, 0.15) is 22.3 Å². The Kier molecular flexibility index (Phi) is 8.71. The second-order valence-electron chi connectivity index (χ2n) is 6.45. The fraction of sp³-hybridized carbons (Fsp3) is 0.174. The number of carbonyl (C=O) groups excluding carboxylic acids is 1. The van der Waals surface area contributed by atoms with Crippen LogP contribution in [0, 0.1) is 0 Å². The maximum Gasteiger partial charge on any atom is 0.271 e. The van der Waals surface area contributed by atoms with Crippen LogP contribution in [-0.2, 0) is 0 Å². The number of benzene rings is 2. The monoisotopic (exact) mass is 473 g/mol. The van der Waals surface area contributed by atoms with Crippen molar-refractivity contribution in [2.45, 2.75) is 6.42 Å². The highest BCUT2D eigenvalue weighted by molar-refractivity contribution is 6.32. The van der Waals surface area contributed by atoms with Gasteiger partial charge in [0.05, 0.1) is 36.6 Å². The lowest BCUT2D eigenvalue weighted by atomic mass is 10.2. The van der Waals surface area contributed by atoms with Gasteiger partial charge < -0.3 is 14.2 Å². The van der Waals surface area contributed by atoms with Crippen molar-refractivity contribution in [2.75, 3.05) is 20.3 Å². The molecule has 0 aliphatic rings. The second kappa shape index (κ2) is 11.9. The van der Waals surface area contributed by atoms with Crippen molar-refractivity contribution >= 4 is 35.3 Å². The molecule has 32 heavy (non-hydrogen) atoms. The van der Waals surface area contributed by atoms with Crippen molar-refractivity contribution in [3.8, 4) is 17.2 Å². The number of para-hydroxylation sites is 1. The number of hydrogen-bond donors (Lipinski definition) is 1. The number of hydrogen-bond acceptors (Lipinski definition) is 6. The number of nitrogens with zero attached hydrogens (tertiary/aromatic N) is 2. The average Bonchev–Trinajstić information content (AvgIpc) is 2.81. The van der Waals surface area contributed by atoms with Gasteiger partial charge in [-0.05, 0) is 42.0 Å². The van der Waals surface area contributed by atoms with Crippen LogP contribution in [0.15, 0.2) is 66.0 Å². The normalized spacial score (nSPS) is 10.7. The Labute approximate surface area is 195 Å². The Morgan fingerprint density at radius 3 is 2.53 bits per heavy atom. The maximum absolute atomic E-state index is 12.0. The summed E-state index contributed by atoms with van der Waals surface area (Å²) in [4.78, 5) is 15.9. The summed E-state index contributed by atoms with van der Waals surface area (Å²) in [6.07, 6.45) is 5.15. The van der Waals surface area contributed by atoms with Gasteiger partial charge in [-0.15, -0.1) is 0 Å². The van der Waals surface area contributed by atoms with E-state index < -0.39 is 0 Å². The standard InChI is InChI=1S/C23H21Cl2N3O4/c1-30-21-14-16(15-27-28-23(29)17-7-9-26-10-8-17)13-19(25)22(21)32-12-4-11-31-20-6-3-2-5-18(20)24/h2-3,5-10,13-15H,4,11-12H2,1H3,(H,28,29)/b27-15-. The highest BCUT2D eigenvalue weighted by Gasteiger charge is 2.12. The molecule has 1 N–H and O–H groups in total. The van der Waals surface area contributed by atoms with Gasteiger partial charge in [0.1, 0.15) is 5.75 Å². The predicted octanol–water partition coefficient (Wildman–Crippen LogP) is 5.01. The van der Waals surface area contributed by atoms with Crippen molar-refractivity contribution in [3.63, 3.8) is 0 Å². The summed E-state index contributed by atoms with van der Waals surface area (Å²) in [5.41, 5.74) is 3.54. The number of nitrogens with one attached hydrogen (secondary N) is 1. The van der Waals surface area contributed by atoms with E-state index in [0.29, 0.717) is 58.1 Å². The number of hydrazone groups is 1. The van der Waals surface area contributed by atoms with Gasteiger partial charge in [-0.2, -0.15) is 5.10 Å². The van der Waals surface area contributed by atoms with Crippen LogP contribution in [0.5, 0.6) is 17.2 Å². The van der Waals surface area contributed by atoms with Crippen molar-refractivity contribution in [2.24, 2.45) is 5.10 Å². The minimum Gasteiger partial charge on any atom is -0.493 e. The molecule has 3 aromatic rings. The largest absolute Gasteiger partial charge is 0.493 e. The first-order valence-corrected chi connectivity index (χ1v) is 10.4. The van der Waals surface area contributed by atoms with Crippen LogP contribution in [0.4, 0.5) is 0 Å². The minimum absolute atomic E-state index is 0.347. The second-order valence-corrected chi connectivity index (χ2v) is 7.26. The molecule has 0 atom stereocenters. The number of halogens is 2. The summed E-state index contributed by atoms with van der Waals surface area (Å²) in [5, 5.41) is 4.88. The van der Waals surface area contributed by atoms with Crippen molar-refractivity contribution < 1.29 is 19.0 Å². The van der Waals surface area contributed by atoms with Crippen molar-refractivity contribution in [3.05, 3.63) is 82.1 Å². The number of methoxy groups -OCH3 is 1. The van der Waals surface area contributed by atoms with E-state index in [4.69, 9.17) is 37.4 Å². The lowest BCUT2D eigenvalue weighted by Crippen LogP contribution is -2.17. The van der Waals surface area contributed by atoms with Gasteiger partial charge in [-0.3, -0.25) is 9.78 Å². The molecule has 1 heterocycles. The molecule has 0 fully saturated rings. The molecule has 0 aliphatic carbocycles. The van der Waals surface area contributed by atoms with Gasteiger partial charge in [0.15, 0.2) is 11.5 Å². The third kappa shape index (κ3) is 6.60. The highest BCUT2D eigenvalue weighted by Crippen LogP contribution is 2.36. The van der Waals surface area contributed by atoms with Crippen molar-refractivity contribution in [1.29, 1.82) is 0 Å². The van der Waals surface area contributed by atoms with Gasteiger partial charge in [-0.1, -0.05) is 35.3 Å². The summed E-state index contributed by atoms with van der Waals surface area (Å²) in [6, 6.07) is 13.8. The summed E-state index contributed by atoms with van der Waals surface area (Å²) in [6.45, 7) is 0.807. The van der Waals surface area contributed by atoms with Crippen LogP contribution in [0.2, 0.25) is 10.0 Å². The zero-order valence-corrected chi connectivity index (χ0v) is 18.8. The van der Waals surface area contributed by atoms with Gasteiger partial charge >= 0.3 is 0 Å². The lowest BCUT2D eigenvalue weighted by molar-refractivity contribution is 0.0955. The summed E-state index contributed by atoms with van der Waals surface area (Å²) in [7, 11) is 1.52. The van der Waals surface area contributed by atoms with E-state index >= 15 is 0 Å². The molecule has 2 aromatic carbocycles. The van der Waals surface area contributed by atoms with E-state index in [1.807, 2.05) is 18.2 Å². The van der Waals surface area contributed by atoms with E-state index in [1.54, 1.807) is 30.3 Å². The van der Waals surface area contributed by atoms with Gasteiger partial charge in [0.2, 0.25) is 0 Å². The average molecular weight is 474 g/mol. The zero-order valence-electron chi connectivity index (χ0n) is 17.3. The SMILES string of the molecule is COc1cc(/C=N\NC(=O)c2ccncc2)cc(Cl)c1OCCCOc1ccccc1Cl. The molecule has 3 rings (SSSR count). The fourth-order valence-corrected chi connectivity index (χ4v) is 3.13. The first-order valence-electron chi connectivity index (χ1n) is 9.69. The Morgan fingerprint density at radius 2 is 1.78 bits per heavy atom.